The topological polar surface area (TPSA) is 78.9 Å². The van der Waals surface area contributed by atoms with Gasteiger partial charge in [-0.3, -0.25) is 14.4 Å². The maximum atomic E-state index is 12.8. The molecule has 0 aromatic carbocycles. The summed E-state index contributed by atoms with van der Waals surface area (Å²) >= 11 is 0. The monoisotopic (exact) mass is 991 g/mol. The molecule has 6 nitrogen and oxygen atoms in total. The molecule has 0 saturated carbocycles. The number of hydrogen-bond donors (Lipinski definition) is 0. The van der Waals surface area contributed by atoms with Crippen molar-refractivity contribution in [1.29, 1.82) is 0 Å². The smallest absolute Gasteiger partial charge is 0.306 e. The van der Waals surface area contributed by atoms with E-state index in [0.717, 1.165) is 103 Å². The van der Waals surface area contributed by atoms with Crippen molar-refractivity contribution in [2.24, 2.45) is 0 Å². The third kappa shape index (κ3) is 57.6. The van der Waals surface area contributed by atoms with Gasteiger partial charge in [0.25, 0.3) is 0 Å². The minimum atomic E-state index is -0.784. The molecule has 0 aromatic rings. The van der Waals surface area contributed by atoms with Crippen LogP contribution in [0.4, 0.5) is 0 Å². The normalized spacial score (nSPS) is 12.5. The molecule has 0 aliphatic heterocycles. The van der Waals surface area contributed by atoms with Crippen molar-refractivity contribution in [2.45, 2.75) is 309 Å². The maximum Gasteiger partial charge on any atom is 0.306 e. The molecule has 6 heteroatoms. The quantitative estimate of drug-likeness (QED) is 0.0261. The number of hydrogen-bond acceptors (Lipinski definition) is 6. The van der Waals surface area contributed by atoms with Gasteiger partial charge in [-0.25, -0.2) is 0 Å². The average molecular weight is 992 g/mol. The molecule has 0 aromatic heterocycles. The maximum absolute atomic E-state index is 12.8. The van der Waals surface area contributed by atoms with Gasteiger partial charge in [-0.1, -0.05) is 267 Å². The molecule has 0 spiro atoms. The first-order chi connectivity index (χ1) is 35.0. The van der Waals surface area contributed by atoms with Crippen molar-refractivity contribution in [1.82, 2.24) is 0 Å². The zero-order chi connectivity index (χ0) is 51.4. The fourth-order valence-electron chi connectivity index (χ4n) is 8.64. The Morgan fingerprint density at radius 2 is 0.549 bits per heavy atom. The molecule has 0 radical (unpaired) electrons. The van der Waals surface area contributed by atoms with Crippen molar-refractivity contribution in [3.8, 4) is 0 Å². The van der Waals surface area contributed by atoms with Gasteiger partial charge in [-0.2, -0.15) is 0 Å². The van der Waals surface area contributed by atoms with Gasteiger partial charge < -0.3 is 14.2 Å². The first-order valence-corrected chi connectivity index (χ1v) is 30.4. The first-order valence-electron chi connectivity index (χ1n) is 30.4. The third-order valence-electron chi connectivity index (χ3n) is 13.2. The van der Waals surface area contributed by atoms with Gasteiger partial charge in [0.2, 0.25) is 0 Å². The van der Waals surface area contributed by atoms with Crippen LogP contribution in [-0.4, -0.2) is 37.2 Å². The zero-order valence-corrected chi connectivity index (χ0v) is 47.0. The van der Waals surface area contributed by atoms with E-state index in [2.05, 4.69) is 93.7 Å². The third-order valence-corrected chi connectivity index (χ3v) is 13.2. The SMILES string of the molecule is CC/C=C\C/C=C\C/C=C\C/C=C\CCCCCCC(=O)OC(COC(=O)CCCCCCCCC)COC(=O)CCCCCCCCCCCCCCCCCCC/C=C\C/C=C\CCCCCCC. The Labute approximate surface area is 440 Å². The lowest BCUT2D eigenvalue weighted by Gasteiger charge is -2.18. The van der Waals surface area contributed by atoms with Crippen LogP contribution >= 0.6 is 0 Å². The number of ether oxygens (including phenoxy) is 3. The van der Waals surface area contributed by atoms with Crippen LogP contribution in [0.5, 0.6) is 0 Å². The van der Waals surface area contributed by atoms with Crippen molar-refractivity contribution < 1.29 is 28.6 Å². The summed E-state index contributed by atoms with van der Waals surface area (Å²) in [5.74, 6) is -0.904. The van der Waals surface area contributed by atoms with Crippen molar-refractivity contribution in [2.75, 3.05) is 13.2 Å². The van der Waals surface area contributed by atoms with Crippen LogP contribution in [0, 0.1) is 0 Å². The van der Waals surface area contributed by atoms with Crippen LogP contribution in [0.3, 0.4) is 0 Å². The molecule has 0 saturated heterocycles. The van der Waals surface area contributed by atoms with Gasteiger partial charge in [0.15, 0.2) is 6.10 Å². The number of allylic oxidation sites excluding steroid dienone is 12. The average Bonchev–Trinajstić information content (AvgIpc) is 3.37. The summed E-state index contributed by atoms with van der Waals surface area (Å²) in [5, 5.41) is 0. The van der Waals surface area contributed by atoms with E-state index >= 15 is 0 Å². The molecule has 1 atom stereocenters. The minimum absolute atomic E-state index is 0.0829. The number of rotatable bonds is 55. The van der Waals surface area contributed by atoms with Crippen LogP contribution in [0.15, 0.2) is 72.9 Å². The standard InChI is InChI=1S/C65H114O6/c1-4-7-10-13-16-18-20-22-24-26-27-28-29-30-31-32-33-34-35-36-37-39-40-42-44-46-49-52-55-58-64(67)70-61-62(60-69-63(66)57-54-51-48-15-12-9-6-3)71-65(68)59-56-53-50-47-45-43-41-38-25-23-21-19-17-14-11-8-5-2/h8,11,17,19-20,22-23,25-27,41,43,62H,4-7,9-10,12-16,18,21,24,28-40,42,44-61H2,1-3H3/b11-8-,19-17-,22-20-,25-23-,27-26-,43-41-. The summed E-state index contributed by atoms with van der Waals surface area (Å²) in [4.78, 5) is 38.0. The van der Waals surface area contributed by atoms with Gasteiger partial charge >= 0.3 is 17.9 Å². The summed E-state index contributed by atoms with van der Waals surface area (Å²) in [6.45, 7) is 6.47. The zero-order valence-electron chi connectivity index (χ0n) is 47.0. The van der Waals surface area contributed by atoms with E-state index in [1.165, 1.54) is 161 Å². The molecule has 71 heavy (non-hydrogen) atoms. The molecular formula is C65H114O6. The second-order valence-electron chi connectivity index (χ2n) is 20.2. The van der Waals surface area contributed by atoms with E-state index in [4.69, 9.17) is 14.2 Å². The summed E-state index contributed by atoms with van der Waals surface area (Å²) in [6, 6.07) is 0. The van der Waals surface area contributed by atoms with E-state index < -0.39 is 6.10 Å². The van der Waals surface area contributed by atoms with Crippen LogP contribution in [0.25, 0.3) is 0 Å². The van der Waals surface area contributed by atoms with Gasteiger partial charge in [0.1, 0.15) is 13.2 Å². The molecule has 1 unspecified atom stereocenters. The first kappa shape index (κ1) is 67.8. The highest BCUT2D eigenvalue weighted by atomic mass is 16.6. The van der Waals surface area contributed by atoms with Crippen molar-refractivity contribution in [3.05, 3.63) is 72.9 Å². The molecule has 410 valence electrons. The number of carbonyl (C=O) groups is 3. The molecule has 0 aliphatic rings. The molecule has 0 fully saturated rings. The lowest BCUT2D eigenvalue weighted by Crippen LogP contribution is -2.30. The predicted molar refractivity (Wildman–Crippen MR) is 307 cm³/mol. The van der Waals surface area contributed by atoms with Crippen LogP contribution in [0.1, 0.15) is 303 Å². The Balaban J connectivity index is 4.09. The van der Waals surface area contributed by atoms with Gasteiger partial charge in [-0.05, 0) is 89.9 Å². The van der Waals surface area contributed by atoms with E-state index in [9.17, 15) is 14.4 Å². The largest absolute Gasteiger partial charge is 0.462 e. The minimum Gasteiger partial charge on any atom is -0.462 e. The Hall–Kier alpha value is -3.15. The second kappa shape index (κ2) is 59.4. The van der Waals surface area contributed by atoms with Gasteiger partial charge in [0.05, 0.1) is 0 Å². The Morgan fingerprint density at radius 1 is 0.296 bits per heavy atom. The Kier molecular flexibility index (Phi) is 56.8. The molecular weight excluding hydrogens is 877 g/mol. The molecule has 0 heterocycles. The molecule has 0 N–H and O–H groups in total. The number of carbonyl (C=O) groups excluding carboxylic acids is 3. The summed E-state index contributed by atoms with van der Waals surface area (Å²) < 4.78 is 16.8. The Morgan fingerprint density at radius 3 is 0.859 bits per heavy atom. The highest BCUT2D eigenvalue weighted by Crippen LogP contribution is 2.16. The summed E-state index contributed by atoms with van der Waals surface area (Å²) in [7, 11) is 0. The van der Waals surface area contributed by atoms with E-state index in [1.807, 2.05) is 0 Å². The number of esters is 3. The fraction of sp³-hybridized carbons (Fsp3) is 0.769. The van der Waals surface area contributed by atoms with Crippen LogP contribution in [-0.2, 0) is 28.6 Å². The molecule has 0 amide bonds. The van der Waals surface area contributed by atoms with Crippen molar-refractivity contribution in [3.63, 3.8) is 0 Å². The lowest BCUT2D eigenvalue weighted by atomic mass is 10.0. The van der Waals surface area contributed by atoms with E-state index in [-0.39, 0.29) is 31.1 Å². The fourth-order valence-corrected chi connectivity index (χ4v) is 8.64. The lowest BCUT2D eigenvalue weighted by molar-refractivity contribution is -0.167. The summed E-state index contributed by atoms with van der Waals surface area (Å²) in [5.41, 5.74) is 0. The van der Waals surface area contributed by atoms with Crippen molar-refractivity contribution >= 4 is 17.9 Å². The second-order valence-corrected chi connectivity index (χ2v) is 20.2. The van der Waals surface area contributed by atoms with E-state index in [1.54, 1.807) is 0 Å². The van der Waals surface area contributed by atoms with Gasteiger partial charge in [0, 0.05) is 19.3 Å². The molecule has 0 bridgehead atoms. The highest BCUT2D eigenvalue weighted by molar-refractivity contribution is 5.71. The van der Waals surface area contributed by atoms with E-state index in [0.29, 0.717) is 19.3 Å². The Bertz CT molecular complexity index is 1320. The van der Waals surface area contributed by atoms with Crippen LogP contribution < -0.4 is 0 Å². The van der Waals surface area contributed by atoms with Gasteiger partial charge in [-0.15, -0.1) is 0 Å². The highest BCUT2D eigenvalue weighted by Gasteiger charge is 2.19. The molecule has 0 rings (SSSR count). The predicted octanol–water partition coefficient (Wildman–Crippen LogP) is 20.5. The molecule has 0 aliphatic carbocycles. The van der Waals surface area contributed by atoms with Crippen LogP contribution in [0.2, 0.25) is 0 Å². The summed E-state index contributed by atoms with van der Waals surface area (Å²) in [6.07, 6.45) is 76.5. The number of unbranched alkanes of at least 4 members (excludes halogenated alkanes) is 32.